The third-order valence-corrected chi connectivity index (χ3v) is 5.27. The number of hydrogen-bond acceptors (Lipinski definition) is 3. The second-order valence-corrected chi connectivity index (χ2v) is 6.50. The van der Waals surface area contributed by atoms with Crippen LogP contribution >= 0.6 is 0 Å². The van der Waals surface area contributed by atoms with Crippen molar-refractivity contribution in [3.05, 3.63) is 35.4 Å². The molecule has 0 amide bonds. The Morgan fingerprint density at radius 3 is 2.80 bits per heavy atom. The van der Waals surface area contributed by atoms with Crippen molar-refractivity contribution in [3.63, 3.8) is 0 Å². The lowest BCUT2D eigenvalue weighted by molar-refractivity contribution is 0.175. The third kappa shape index (κ3) is 2.62. The minimum atomic E-state index is 0.377. The lowest BCUT2D eigenvalue weighted by Crippen LogP contribution is -2.40. The standard InChI is InChI=1S/C17H27N3/c1-13-4-3-5-14(10-13)17(11-18)20-9-8-15-6-7-16(12-20)19(15)2/h3-5,10,15-17H,6-9,11-12,18H2,1-2H3. The van der Waals surface area contributed by atoms with Crippen LogP contribution in [0.1, 0.15) is 36.4 Å². The number of nitrogens with two attached hydrogens (primary N) is 1. The first-order valence-electron chi connectivity index (χ1n) is 7.91. The Morgan fingerprint density at radius 1 is 1.25 bits per heavy atom. The van der Waals surface area contributed by atoms with E-state index in [-0.39, 0.29) is 0 Å². The van der Waals surface area contributed by atoms with Gasteiger partial charge < -0.3 is 5.73 Å². The van der Waals surface area contributed by atoms with E-state index >= 15 is 0 Å². The molecule has 3 heteroatoms. The maximum absolute atomic E-state index is 6.11. The summed E-state index contributed by atoms with van der Waals surface area (Å²) in [6.07, 6.45) is 4.02. The van der Waals surface area contributed by atoms with Crippen molar-refractivity contribution in [3.8, 4) is 0 Å². The first-order chi connectivity index (χ1) is 9.69. The summed E-state index contributed by atoms with van der Waals surface area (Å²) in [5, 5.41) is 0. The van der Waals surface area contributed by atoms with Gasteiger partial charge in [-0.15, -0.1) is 0 Å². The molecule has 20 heavy (non-hydrogen) atoms. The lowest BCUT2D eigenvalue weighted by atomic mass is 10.0. The molecule has 1 aromatic carbocycles. The van der Waals surface area contributed by atoms with Gasteiger partial charge in [-0.3, -0.25) is 9.80 Å². The van der Waals surface area contributed by atoms with Crippen LogP contribution in [0, 0.1) is 6.92 Å². The lowest BCUT2D eigenvalue weighted by Gasteiger charge is -2.33. The summed E-state index contributed by atoms with van der Waals surface area (Å²) < 4.78 is 0. The number of rotatable bonds is 3. The minimum absolute atomic E-state index is 0.377. The second kappa shape index (κ2) is 5.84. The van der Waals surface area contributed by atoms with Gasteiger partial charge in [0.25, 0.3) is 0 Å². The predicted octanol–water partition coefficient (Wildman–Crippen LogP) is 2.16. The molecule has 0 saturated carbocycles. The number of fused-ring (bicyclic) bond motifs is 2. The molecular formula is C17H27N3. The van der Waals surface area contributed by atoms with E-state index < -0.39 is 0 Å². The fourth-order valence-corrected chi connectivity index (χ4v) is 3.99. The Kier molecular flexibility index (Phi) is 4.11. The Balaban J connectivity index is 1.79. The predicted molar refractivity (Wildman–Crippen MR) is 83.7 cm³/mol. The zero-order chi connectivity index (χ0) is 14.1. The Morgan fingerprint density at radius 2 is 2.05 bits per heavy atom. The molecule has 1 aromatic rings. The van der Waals surface area contributed by atoms with Crippen LogP contribution in [0.4, 0.5) is 0 Å². The minimum Gasteiger partial charge on any atom is -0.329 e. The Labute approximate surface area is 122 Å². The van der Waals surface area contributed by atoms with Crippen molar-refractivity contribution >= 4 is 0 Å². The molecule has 3 atom stereocenters. The summed E-state index contributed by atoms with van der Waals surface area (Å²) in [5.41, 5.74) is 8.82. The van der Waals surface area contributed by atoms with Crippen molar-refractivity contribution in [1.82, 2.24) is 9.80 Å². The fourth-order valence-electron chi connectivity index (χ4n) is 3.99. The van der Waals surface area contributed by atoms with Crippen molar-refractivity contribution in [1.29, 1.82) is 0 Å². The average molecular weight is 273 g/mol. The van der Waals surface area contributed by atoms with E-state index in [0.29, 0.717) is 12.6 Å². The van der Waals surface area contributed by atoms with Gasteiger partial charge >= 0.3 is 0 Å². The molecule has 2 bridgehead atoms. The van der Waals surface area contributed by atoms with E-state index in [9.17, 15) is 0 Å². The van der Waals surface area contributed by atoms with Crippen LogP contribution in [0.2, 0.25) is 0 Å². The third-order valence-electron chi connectivity index (χ3n) is 5.27. The first-order valence-corrected chi connectivity index (χ1v) is 7.91. The van der Waals surface area contributed by atoms with Crippen molar-refractivity contribution in [2.24, 2.45) is 5.73 Å². The molecule has 0 spiro atoms. The highest BCUT2D eigenvalue weighted by Crippen LogP contribution is 2.32. The summed E-state index contributed by atoms with van der Waals surface area (Å²) in [4.78, 5) is 5.22. The fraction of sp³-hybridized carbons (Fsp3) is 0.647. The van der Waals surface area contributed by atoms with Crippen LogP contribution in [0.25, 0.3) is 0 Å². The maximum atomic E-state index is 6.11. The zero-order valence-electron chi connectivity index (χ0n) is 12.8. The smallest absolute Gasteiger partial charge is 0.0471 e. The molecular weight excluding hydrogens is 246 g/mol. The number of nitrogens with zero attached hydrogens (tertiary/aromatic N) is 2. The van der Waals surface area contributed by atoms with Gasteiger partial charge in [-0.25, -0.2) is 0 Å². The molecule has 3 unspecified atom stereocenters. The molecule has 2 N–H and O–H groups in total. The Bertz CT molecular complexity index is 459. The van der Waals surface area contributed by atoms with Gasteiger partial charge in [0.05, 0.1) is 0 Å². The van der Waals surface area contributed by atoms with E-state index in [0.717, 1.165) is 12.1 Å². The Hall–Kier alpha value is -0.900. The van der Waals surface area contributed by atoms with E-state index in [2.05, 4.69) is 48.0 Å². The van der Waals surface area contributed by atoms with Gasteiger partial charge in [0.2, 0.25) is 0 Å². The highest BCUT2D eigenvalue weighted by Gasteiger charge is 2.36. The van der Waals surface area contributed by atoms with E-state index in [1.165, 1.54) is 43.5 Å². The largest absolute Gasteiger partial charge is 0.329 e. The van der Waals surface area contributed by atoms with Crippen molar-refractivity contribution in [2.75, 3.05) is 26.7 Å². The van der Waals surface area contributed by atoms with Gasteiger partial charge in [0, 0.05) is 37.8 Å². The molecule has 2 aliphatic heterocycles. The van der Waals surface area contributed by atoms with E-state index in [1.807, 2.05) is 0 Å². The highest BCUT2D eigenvalue weighted by atomic mass is 15.3. The van der Waals surface area contributed by atoms with Crippen LogP contribution in [-0.2, 0) is 0 Å². The molecule has 2 saturated heterocycles. The van der Waals surface area contributed by atoms with Gasteiger partial charge in [-0.1, -0.05) is 29.8 Å². The molecule has 2 aliphatic rings. The first kappa shape index (κ1) is 14.1. The second-order valence-electron chi connectivity index (χ2n) is 6.50. The maximum Gasteiger partial charge on any atom is 0.0471 e. The summed E-state index contributed by atoms with van der Waals surface area (Å²) in [6.45, 7) is 5.23. The van der Waals surface area contributed by atoms with E-state index in [1.54, 1.807) is 0 Å². The van der Waals surface area contributed by atoms with Crippen LogP contribution < -0.4 is 5.73 Å². The average Bonchev–Trinajstić information content (AvgIpc) is 2.67. The molecule has 2 fully saturated rings. The number of benzene rings is 1. The van der Waals surface area contributed by atoms with Gasteiger partial charge in [0.15, 0.2) is 0 Å². The van der Waals surface area contributed by atoms with Gasteiger partial charge in [-0.2, -0.15) is 0 Å². The van der Waals surface area contributed by atoms with E-state index in [4.69, 9.17) is 5.73 Å². The summed E-state index contributed by atoms with van der Waals surface area (Å²) in [5.74, 6) is 0. The molecule has 0 aliphatic carbocycles. The highest BCUT2D eigenvalue weighted by molar-refractivity contribution is 5.25. The van der Waals surface area contributed by atoms with Gasteiger partial charge in [-0.05, 0) is 38.8 Å². The molecule has 3 rings (SSSR count). The van der Waals surface area contributed by atoms with Crippen LogP contribution in [-0.4, -0.2) is 48.6 Å². The van der Waals surface area contributed by atoms with Crippen LogP contribution in [0.3, 0.4) is 0 Å². The number of aryl methyl sites for hydroxylation is 1. The van der Waals surface area contributed by atoms with Crippen molar-refractivity contribution in [2.45, 2.75) is 44.3 Å². The van der Waals surface area contributed by atoms with Crippen LogP contribution in [0.5, 0.6) is 0 Å². The number of likely N-dealkylation sites (N-methyl/N-ethyl adjacent to an activating group) is 1. The van der Waals surface area contributed by atoms with Crippen LogP contribution in [0.15, 0.2) is 24.3 Å². The monoisotopic (exact) mass is 273 g/mol. The normalized spacial score (nSPS) is 29.4. The summed E-state index contributed by atoms with van der Waals surface area (Å²) in [6, 6.07) is 10.7. The molecule has 0 radical (unpaired) electrons. The summed E-state index contributed by atoms with van der Waals surface area (Å²) in [7, 11) is 2.30. The molecule has 0 aromatic heterocycles. The molecule has 3 nitrogen and oxygen atoms in total. The summed E-state index contributed by atoms with van der Waals surface area (Å²) >= 11 is 0. The topological polar surface area (TPSA) is 32.5 Å². The van der Waals surface area contributed by atoms with Crippen molar-refractivity contribution < 1.29 is 0 Å². The SMILES string of the molecule is Cc1cccc(C(CN)N2CCC3CCC(C2)N3C)c1. The molecule has 110 valence electrons. The molecule has 2 heterocycles. The quantitative estimate of drug-likeness (QED) is 0.916. The van der Waals surface area contributed by atoms with Gasteiger partial charge in [0.1, 0.15) is 0 Å². The number of likely N-dealkylation sites (tertiary alicyclic amines) is 1. The number of hydrogen-bond donors (Lipinski definition) is 1. The zero-order valence-corrected chi connectivity index (χ0v) is 12.8.